The second-order valence-corrected chi connectivity index (χ2v) is 11.0. The van der Waals surface area contributed by atoms with Crippen LogP contribution in [-0.2, 0) is 4.79 Å². The van der Waals surface area contributed by atoms with E-state index in [4.69, 9.17) is 10.5 Å². The molecular formula is C34H31F2N5O3. The standard InChI is InChI=1S/C34H31F2N5O3/c1-3-30(42)40-14-13-25(40)18-44-32-31(38-19-39-33(32)37)27-16-23(35)17-29(20(27)2)41(24-7-5-4-6-8-24)34(43)26-12-11-22(15-28(26)36)21-9-10-21/h3-8,11-12,15-17,19,21,25H,1,9-10,13-14,18H2,2H3,(H2,37,38,39)/t25-/m0/s1. The molecule has 10 heteroatoms. The van der Waals surface area contributed by atoms with E-state index in [1.807, 2.05) is 0 Å². The predicted octanol–water partition coefficient (Wildman–Crippen LogP) is 6.33. The van der Waals surface area contributed by atoms with Crippen molar-refractivity contribution >= 4 is 29.0 Å². The Labute approximate surface area is 253 Å². The summed E-state index contributed by atoms with van der Waals surface area (Å²) in [4.78, 5) is 37.6. The van der Waals surface area contributed by atoms with Gasteiger partial charge in [0.15, 0.2) is 11.6 Å². The number of aromatic nitrogens is 2. The predicted molar refractivity (Wildman–Crippen MR) is 164 cm³/mol. The number of benzene rings is 3. The van der Waals surface area contributed by atoms with E-state index in [0.717, 1.165) is 24.8 Å². The highest BCUT2D eigenvalue weighted by atomic mass is 19.1. The molecule has 1 saturated carbocycles. The molecule has 1 aliphatic heterocycles. The van der Waals surface area contributed by atoms with E-state index in [1.54, 1.807) is 48.2 Å². The number of carbonyl (C=O) groups is 2. The van der Waals surface area contributed by atoms with Crippen molar-refractivity contribution in [3.8, 4) is 17.0 Å². The first kappa shape index (κ1) is 29.0. The van der Waals surface area contributed by atoms with E-state index in [0.29, 0.717) is 29.3 Å². The molecule has 2 aliphatic rings. The van der Waals surface area contributed by atoms with E-state index in [1.165, 1.54) is 41.6 Å². The average Bonchev–Trinajstić information content (AvgIpc) is 3.85. The number of hydrogen-bond donors (Lipinski definition) is 1. The number of nitrogens with two attached hydrogens (primary N) is 1. The number of amides is 2. The van der Waals surface area contributed by atoms with Gasteiger partial charge in [-0.05, 0) is 85.7 Å². The molecule has 0 bridgehead atoms. The molecule has 2 amide bonds. The van der Waals surface area contributed by atoms with Crippen molar-refractivity contribution < 1.29 is 23.1 Å². The first-order valence-corrected chi connectivity index (χ1v) is 14.4. The maximum atomic E-state index is 15.5. The number of hydrogen-bond acceptors (Lipinski definition) is 6. The molecule has 224 valence electrons. The number of halogens is 2. The van der Waals surface area contributed by atoms with Gasteiger partial charge in [0, 0.05) is 17.8 Å². The largest absolute Gasteiger partial charge is 0.485 e. The third-order valence-corrected chi connectivity index (χ3v) is 8.18. The van der Waals surface area contributed by atoms with Crippen molar-refractivity contribution in [2.75, 3.05) is 23.8 Å². The second-order valence-electron chi connectivity index (χ2n) is 11.0. The number of anilines is 3. The van der Waals surface area contributed by atoms with Gasteiger partial charge in [-0.3, -0.25) is 14.5 Å². The van der Waals surface area contributed by atoms with Crippen molar-refractivity contribution in [1.82, 2.24) is 14.9 Å². The van der Waals surface area contributed by atoms with E-state index in [9.17, 15) is 9.59 Å². The second kappa shape index (κ2) is 11.9. The molecule has 4 aromatic rings. The Bertz CT molecular complexity index is 1760. The molecule has 1 saturated heterocycles. The van der Waals surface area contributed by atoms with Gasteiger partial charge in [-0.15, -0.1) is 0 Å². The molecule has 0 spiro atoms. The molecule has 44 heavy (non-hydrogen) atoms. The number of rotatable bonds is 9. The summed E-state index contributed by atoms with van der Waals surface area (Å²) in [6.07, 6.45) is 5.23. The van der Waals surface area contributed by atoms with Crippen LogP contribution in [0.4, 0.5) is 26.0 Å². The zero-order valence-electron chi connectivity index (χ0n) is 24.2. The molecule has 2 heterocycles. The van der Waals surface area contributed by atoms with Crippen LogP contribution in [0.5, 0.6) is 5.75 Å². The third kappa shape index (κ3) is 5.50. The molecule has 1 atom stereocenters. The van der Waals surface area contributed by atoms with Crippen LogP contribution in [0.15, 0.2) is 79.6 Å². The zero-order chi connectivity index (χ0) is 31.0. The third-order valence-electron chi connectivity index (χ3n) is 8.18. The molecule has 3 aromatic carbocycles. The monoisotopic (exact) mass is 595 g/mol. The Morgan fingerprint density at radius 2 is 1.86 bits per heavy atom. The number of carbonyl (C=O) groups excluding carboxylic acids is 2. The highest BCUT2D eigenvalue weighted by molar-refractivity contribution is 6.12. The van der Waals surface area contributed by atoms with Crippen LogP contribution < -0.4 is 15.4 Å². The fourth-order valence-electron chi connectivity index (χ4n) is 5.50. The van der Waals surface area contributed by atoms with Gasteiger partial charge in [-0.1, -0.05) is 30.8 Å². The lowest BCUT2D eigenvalue weighted by molar-refractivity contribution is -0.134. The number of nitrogen functional groups attached to an aromatic ring is 1. The quantitative estimate of drug-likeness (QED) is 0.227. The summed E-state index contributed by atoms with van der Waals surface area (Å²) in [7, 11) is 0. The summed E-state index contributed by atoms with van der Waals surface area (Å²) < 4.78 is 36.9. The lowest BCUT2D eigenvalue weighted by Crippen LogP contribution is -2.53. The molecule has 6 rings (SSSR count). The first-order valence-electron chi connectivity index (χ1n) is 14.4. The SMILES string of the molecule is C=CC(=O)N1CC[C@H]1COc1c(N)ncnc1-c1cc(F)cc(N(C(=O)c2ccc(C3CC3)cc2F)c2ccccc2)c1C. The highest BCUT2D eigenvalue weighted by Gasteiger charge is 2.33. The van der Waals surface area contributed by atoms with Gasteiger partial charge in [0.05, 0.1) is 17.3 Å². The fraction of sp³-hybridized carbons (Fsp3) is 0.235. The molecule has 2 fully saturated rings. The van der Waals surface area contributed by atoms with Gasteiger partial charge >= 0.3 is 0 Å². The Morgan fingerprint density at radius 1 is 1.09 bits per heavy atom. The minimum atomic E-state index is -0.649. The molecular weight excluding hydrogens is 564 g/mol. The van der Waals surface area contributed by atoms with E-state index in [2.05, 4.69) is 16.5 Å². The van der Waals surface area contributed by atoms with Crippen LogP contribution in [-0.4, -0.2) is 45.9 Å². The van der Waals surface area contributed by atoms with Gasteiger partial charge in [-0.2, -0.15) is 0 Å². The topological polar surface area (TPSA) is 102 Å². The number of likely N-dealkylation sites (tertiary alicyclic amines) is 1. The van der Waals surface area contributed by atoms with Crippen molar-refractivity contribution in [3.05, 3.63) is 108 Å². The maximum Gasteiger partial charge on any atom is 0.265 e. The van der Waals surface area contributed by atoms with Crippen LogP contribution in [0.2, 0.25) is 0 Å². The molecule has 0 radical (unpaired) electrons. The molecule has 2 N–H and O–H groups in total. The summed E-state index contributed by atoms with van der Waals surface area (Å²) in [5.74, 6) is -1.64. The van der Waals surface area contributed by atoms with Crippen molar-refractivity contribution in [3.63, 3.8) is 0 Å². The van der Waals surface area contributed by atoms with Crippen LogP contribution in [0.25, 0.3) is 11.3 Å². The van der Waals surface area contributed by atoms with Gasteiger partial charge in [0.1, 0.15) is 30.3 Å². The lowest BCUT2D eigenvalue weighted by atomic mass is 9.99. The van der Waals surface area contributed by atoms with Crippen LogP contribution >= 0.6 is 0 Å². The summed E-state index contributed by atoms with van der Waals surface area (Å²) in [5.41, 5.74) is 8.59. The number of nitrogens with zero attached hydrogens (tertiary/aromatic N) is 4. The van der Waals surface area contributed by atoms with Crippen LogP contribution in [0.1, 0.15) is 46.7 Å². The van der Waals surface area contributed by atoms with E-state index >= 15 is 8.78 Å². The summed E-state index contributed by atoms with van der Waals surface area (Å²) in [6, 6.07) is 15.7. The van der Waals surface area contributed by atoms with Crippen molar-refractivity contribution in [1.29, 1.82) is 0 Å². The van der Waals surface area contributed by atoms with E-state index < -0.39 is 17.5 Å². The Morgan fingerprint density at radius 3 is 2.52 bits per heavy atom. The Balaban J connectivity index is 1.41. The molecule has 8 nitrogen and oxygen atoms in total. The number of ether oxygens (including phenoxy) is 1. The minimum absolute atomic E-state index is 0.0370. The van der Waals surface area contributed by atoms with Gasteiger partial charge in [0.2, 0.25) is 5.91 Å². The Hall–Kier alpha value is -5.12. The van der Waals surface area contributed by atoms with Crippen LogP contribution in [0, 0.1) is 18.6 Å². The van der Waals surface area contributed by atoms with E-state index in [-0.39, 0.29) is 47.1 Å². The summed E-state index contributed by atoms with van der Waals surface area (Å²) in [6.45, 7) is 5.97. The lowest BCUT2D eigenvalue weighted by Gasteiger charge is -2.40. The molecule has 0 unspecified atom stereocenters. The van der Waals surface area contributed by atoms with Crippen molar-refractivity contribution in [2.45, 2.75) is 38.1 Å². The van der Waals surface area contributed by atoms with Gasteiger partial charge < -0.3 is 15.4 Å². The van der Waals surface area contributed by atoms with Crippen molar-refractivity contribution in [2.24, 2.45) is 0 Å². The number of para-hydroxylation sites is 1. The smallest absolute Gasteiger partial charge is 0.265 e. The zero-order valence-corrected chi connectivity index (χ0v) is 24.2. The maximum absolute atomic E-state index is 15.5. The fourth-order valence-corrected chi connectivity index (χ4v) is 5.50. The first-order chi connectivity index (χ1) is 21.3. The van der Waals surface area contributed by atoms with Crippen LogP contribution in [0.3, 0.4) is 0 Å². The average molecular weight is 596 g/mol. The highest BCUT2D eigenvalue weighted by Crippen LogP contribution is 2.42. The summed E-state index contributed by atoms with van der Waals surface area (Å²) in [5, 5.41) is 0. The minimum Gasteiger partial charge on any atom is -0.485 e. The van der Waals surface area contributed by atoms with Gasteiger partial charge in [0.25, 0.3) is 5.91 Å². The van der Waals surface area contributed by atoms with Gasteiger partial charge in [-0.25, -0.2) is 18.7 Å². The normalized spacial score (nSPS) is 15.8. The Kier molecular flexibility index (Phi) is 7.82. The molecule has 1 aliphatic carbocycles. The molecule has 1 aromatic heterocycles. The summed E-state index contributed by atoms with van der Waals surface area (Å²) >= 11 is 0.